The van der Waals surface area contributed by atoms with Crippen LogP contribution in [0.4, 0.5) is 5.69 Å². The van der Waals surface area contributed by atoms with Crippen molar-refractivity contribution in [2.45, 2.75) is 0 Å². The first-order valence-electron chi connectivity index (χ1n) is 6.12. The van der Waals surface area contributed by atoms with Crippen molar-refractivity contribution >= 4 is 17.6 Å². The summed E-state index contributed by atoms with van der Waals surface area (Å²) in [6.45, 7) is -0.294. The molecule has 0 aliphatic carbocycles. The molecule has 6 heteroatoms. The lowest BCUT2D eigenvalue weighted by Gasteiger charge is -2.12. The van der Waals surface area contributed by atoms with E-state index in [1.807, 2.05) is 6.07 Å². The van der Waals surface area contributed by atoms with Crippen LogP contribution in [0.3, 0.4) is 0 Å². The Hall–Kier alpha value is -3.02. The van der Waals surface area contributed by atoms with E-state index in [0.29, 0.717) is 11.4 Å². The Morgan fingerprint density at radius 1 is 1.05 bits per heavy atom. The van der Waals surface area contributed by atoms with Crippen LogP contribution >= 0.6 is 0 Å². The molecule has 0 fully saturated rings. The highest BCUT2D eigenvalue weighted by molar-refractivity contribution is 5.89. The van der Waals surface area contributed by atoms with E-state index < -0.39 is 11.9 Å². The monoisotopic (exact) mass is 287 g/mol. The highest BCUT2D eigenvalue weighted by Crippen LogP contribution is 2.30. The average molecular weight is 287 g/mol. The molecule has 3 N–H and O–H groups in total. The topological polar surface area (TPSA) is 95.9 Å². The molecule has 0 aliphatic heterocycles. The minimum Gasteiger partial charge on any atom is -0.480 e. The summed E-state index contributed by atoms with van der Waals surface area (Å²) in [6.07, 6.45) is 0. The summed E-state index contributed by atoms with van der Waals surface area (Å²) in [6, 6.07) is 13.0. The molecule has 2 aromatic rings. The lowest BCUT2D eigenvalue weighted by atomic mass is 10.2. The van der Waals surface area contributed by atoms with Gasteiger partial charge in [0.2, 0.25) is 0 Å². The van der Waals surface area contributed by atoms with Crippen LogP contribution in [0, 0.1) is 0 Å². The van der Waals surface area contributed by atoms with E-state index in [1.54, 1.807) is 24.3 Å². The third-order valence-corrected chi connectivity index (χ3v) is 2.63. The second-order valence-corrected chi connectivity index (χ2v) is 4.18. The Bertz CT molecular complexity index is 654. The van der Waals surface area contributed by atoms with Crippen molar-refractivity contribution in [3.63, 3.8) is 0 Å². The standard InChI is InChI=1S/C15H13NO5/c17-14(18)9-16-12-7-6-10(15(19)20)8-13(12)21-11-4-2-1-3-5-11/h1-8,16H,9H2,(H,17,18)(H,19,20). The highest BCUT2D eigenvalue weighted by Gasteiger charge is 2.11. The number of hydrogen-bond donors (Lipinski definition) is 3. The molecule has 0 heterocycles. The second kappa shape index (κ2) is 6.42. The zero-order valence-electron chi connectivity index (χ0n) is 10.9. The van der Waals surface area contributed by atoms with Crippen LogP contribution < -0.4 is 10.1 Å². The zero-order valence-corrected chi connectivity index (χ0v) is 10.9. The number of carboxylic acids is 2. The quantitative estimate of drug-likeness (QED) is 0.756. The number of aromatic carboxylic acids is 1. The minimum absolute atomic E-state index is 0.0572. The fraction of sp³-hybridized carbons (Fsp3) is 0.0667. The van der Waals surface area contributed by atoms with Crippen LogP contribution in [0.1, 0.15) is 10.4 Å². The van der Waals surface area contributed by atoms with Gasteiger partial charge in [0, 0.05) is 0 Å². The Balaban J connectivity index is 2.31. The molecule has 0 unspecified atom stereocenters. The lowest BCUT2D eigenvalue weighted by Crippen LogP contribution is -2.13. The Labute approximate surface area is 120 Å². The van der Waals surface area contributed by atoms with Gasteiger partial charge >= 0.3 is 11.9 Å². The van der Waals surface area contributed by atoms with Crippen molar-refractivity contribution in [3.8, 4) is 11.5 Å². The maximum absolute atomic E-state index is 11.0. The summed E-state index contributed by atoms with van der Waals surface area (Å²) in [5.41, 5.74) is 0.466. The summed E-state index contributed by atoms with van der Waals surface area (Å²) < 4.78 is 5.61. The highest BCUT2D eigenvalue weighted by atomic mass is 16.5. The van der Waals surface area contributed by atoms with E-state index in [2.05, 4.69) is 5.32 Å². The molecule has 0 atom stereocenters. The predicted molar refractivity (Wildman–Crippen MR) is 76.0 cm³/mol. The Morgan fingerprint density at radius 3 is 2.38 bits per heavy atom. The van der Waals surface area contributed by atoms with Gasteiger partial charge in [-0.25, -0.2) is 4.79 Å². The molecule has 0 saturated heterocycles. The molecule has 0 radical (unpaired) electrons. The van der Waals surface area contributed by atoms with E-state index in [1.165, 1.54) is 18.2 Å². The van der Waals surface area contributed by atoms with Crippen LogP contribution in [0.15, 0.2) is 48.5 Å². The molecule has 2 rings (SSSR count). The van der Waals surface area contributed by atoms with Crippen molar-refractivity contribution in [1.82, 2.24) is 0 Å². The van der Waals surface area contributed by atoms with Gasteiger partial charge in [-0.1, -0.05) is 18.2 Å². The number of anilines is 1. The minimum atomic E-state index is -1.09. The van der Waals surface area contributed by atoms with Gasteiger partial charge in [0.05, 0.1) is 11.3 Å². The van der Waals surface area contributed by atoms with E-state index in [0.717, 1.165) is 0 Å². The van der Waals surface area contributed by atoms with Crippen LogP contribution in [0.5, 0.6) is 11.5 Å². The summed E-state index contributed by atoms with van der Waals surface area (Å²) in [5, 5.41) is 20.4. The Kier molecular flexibility index (Phi) is 4.40. The van der Waals surface area contributed by atoms with Crippen LogP contribution in [-0.4, -0.2) is 28.7 Å². The molecule has 0 amide bonds. The average Bonchev–Trinajstić information content (AvgIpc) is 2.46. The summed E-state index contributed by atoms with van der Waals surface area (Å²) >= 11 is 0. The van der Waals surface area contributed by atoms with E-state index in [-0.39, 0.29) is 17.9 Å². The third kappa shape index (κ3) is 3.97. The molecule has 0 spiro atoms. The van der Waals surface area contributed by atoms with Gasteiger partial charge in [-0.15, -0.1) is 0 Å². The zero-order chi connectivity index (χ0) is 15.2. The van der Waals surface area contributed by atoms with Crippen molar-refractivity contribution in [2.24, 2.45) is 0 Å². The predicted octanol–water partition coefficient (Wildman–Crippen LogP) is 2.67. The number of carbonyl (C=O) groups is 2. The maximum atomic E-state index is 11.0. The molecule has 0 bridgehead atoms. The SMILES string of the molecule is O=C(O)CNc1ccc(C(=O)O)cc1Oc1ccccc1. The van der Waals surface area contributed by atoms with Crippen molar-refractivity contribution in [1.29, 1.82) is 0 Å². The molecule has 6 nitrogen and oxygen atoms in total. The lowest BCUT2D eigenvalue weighted by molar-refractivity contribution is -0.134. The van der Waals surface area contributed by atoms with Gasteiger partial charge < -0.3 is 20.3 Å². The molecular weight excluding hydrogens is 274 g/mol. The van der Waals surface area contributed by atoms with Gasteiger partial charge in [0.15, 0.2) is 5.75 Å². The number of aliphatic carboxylic acids is 1. The van der Waals surface area contributed by atoms with E-state index >= 15 is 0 Å². The summed E-state index contributed by atoms with van der Waals surface area (Å²) in [7, 11) is 0. The molecule has 0 aromatic heterocycles. The number of rotatable bonds is 6. The van der Waals surface area contributed by atoms with E-state index in [9.17, 15) is 9.59 Å². The molecule has 108 valence electrons. The summed E-state index contributed by atoms with van der Waals surface area (Å²) in [4.78, 5) is 21.6. The van der Waals surface area contributed by atoms with Crippen molar-refractivity contribution < 1.29 is 24.5 Å². The molecule has 0 saturated carbocycles. The fourth-order valence-corrected chi connectivity index (χ4v) is 1.67. The number of carboxylic acid groups (broad SMARTS) is 2. The largest absolute Gasteiger partial charge is 0.480 e. The molecule has 21 heavy (non-hydrogen) atoms. The molecule has 2 aromatic carbocycles. The van der Waals surface area contributed by atoms with Gasteiger partial charge in [-0.2, -0.15) is 0 Å². The number of benzene rings is 2. The van der Waals surface area contributed by atoms with Crippen molar-refractivity contribution in [2.75, 3.05) is 11.9 Å². The first-order valence-corrected chi connectivity index (χ1v) is 6.12. The second-order valence-electron chi connectivity index (χ2n) is 4.18. The number of para-hydroxylation sites is 1. The van der Waals surface area contributed by atoms with Crippen LogP contribution in [0.25, 0.3) is 0 Å². The summed E-state index contributed by atoms with van der Waals surface area (Å²) in [5.74, 6) is -1.33. The van der Waals surface area contributed by atoms with Crippen LogP contribution in [-0.2, 0) is 4.79 Å². The van der Waals surface area contributed by atoms with E-state index in [4.69, 9.17) is 14.9 Å². The first-order chi connectivity index (χ1) is 10.1. The van der Waals surface area contributed by atoms with Gasteiger partial charge in [0.1, 0.15) is 12.3 Å². The molecular formula is C15H13NO5. The normalized spacial score (nSPS) is 9.90. The maximum Gasteiger partial charge on any atom is 0.335 e. The fourth-order valence-electron chi connectivity index (χ4n) is 1.67. The van der Waals surface area contributed by atoms with Gasteiger partial charge in [-0.05, 0) is 30.3 Å². The smallest absolute Gasteiger partial charge is 0.335 e. The number of nitrogens with one attached hydrogen (secondary N) is 1. The van der Waals surface area contributed by atoms with Crippen molar-refractivity contribution in [3.05, 3.63) is 54.1 Å². The van der Waals surface area contributed by atoms with Crippen LogP contribution in [0.2, 0.25) is 0 Å². The Morgan fingerprint density at radius 2 is 1.76 bits per heavy atom. The molecule has 0 aliphatic rings. The van der Waals surface area contributed by atoms with Gasteiger partial charge in [-0.3, -0.25) is 4.79 Å². The third-order valence-electron chi connectivity index (χ3n) is 2.63. The number of ether oxygens (including phenoxy) is 1. The number of hydrogen-bond acceptors (Lipinski definition) is 4. The first kappa shape index (κ1) is 14.4. The van der Waals surface area contributed by atoms with Gasteiger partial charge in [0.25, 0.3) is 0 Å².